The molecule has 1 atom stereocenters. The topological polar surface area (TPSA) is 110 Å². The third kappa shape index (κ3) is 6.24. The third-order valence-corrected chi connectivity index (χ3v) is 7.00. The average Bonchev–Trinajstić information content (AvgIpc) is 3.14. The first-order valence-electron chi connectivity index (χ1n) is 11.5. The summed E-state index contributed by atoms with van der Waals surface area (Å²) in [6.07, 6.45) is 5.70. The molecule has 0 radical (unpaired) electrons. The minimum atomic E-state index is -3.66. The van der Waals surface area contributed by atoms with Gasteiger partial charge in [0.05, 0.1) is 4.90 Å². The molecule has 0 aliphatic carbocycles. The molecule has 0 saturated carbocycles. The van der Waals surface area contributed by atoms with Crippen LogP contribution in [0, 0.1) is 0 Å². The van der Waals surface area contributed by atoms with Crippen LogP contribution >= 0.6 is 0 Å². The molecular weight excluding hydrogens is 464 g/mol. The van der Waals surface area contributed by atoms with Gasteiger partial charge in [-0.05, 0) is 42.3 Å². The number of ether oxygens (including phenoxy) is 1. The van der Waals surface area contributed by atoms with Crippen LogP contribution in [0.15, 0.2) is 82.9 Å². The van der Waals surface area contributed by atoms with Gasteiger partial charge < -0.3 is 10.1 Å². The number of unbranched alkanes of at least 4 members (excludes halogenated alkanes) is 1. The van der Waals surface area contributed by atoms with Crippen LogP contribution in [0.5, 0.6) is 5.75 Å². The first-order valence-corrected chi connectivity index (χ1v) is 13.0. The van der Waals surface area contributed by atoms with Crippen LogP contribution in [0.3, 0.4) is 0 Å². The minimum Gasteiger partial charge on any atom is -0.489 e. The van der Waals surface area contributed by atoms with Crippen molar-refractivity contribution in [2.75, 3.05) is 0 Å². The number of aliphatic imine (C=N–C) groups is 1. The van der Waals surface area contributed by atoms with Crippen molar-refractivity contribution in [3.8, 4) is 5.75 Å². The van der Waals surface area contributed by atoms with Crippen molar-refractivity contribution in [3.63, 3.8) is 0 Å². The zero-order valence-corrected chi connectivity index (χ0v) is 20.3. The molecule has 0 fully saturated rings. The molecule has 35 heavy (non-hydrogen) atoms. The predicted molar refractivity (Wildman–Crippen MR) is 133 cm³/mol. The van der Waals surface area contributed by atoms with Gasteiger partial charge in [0.25, 0.3) is 10.0 Å². The van der Waals surface area contributed by atoms with Crippen molar-refractivity contribution in [1.29, 1.82) is 0 Å². The number of pyridine rings is 1. The van der Waals surface area contributed by atoms with Gasteiger partial charge in [0.1, 0.15) is 24.2 Å². The lowest BCUT2D eigenvalue weighted by atomic mass is 10.1. The van der Waals surface area contributed by atoms with E-state index in [1.54, 1.807) is 30.6 Å². The van der Waals surface area contributed by atoms with Gasteiger partial charge in [-0.1, -0.05) is 50.1 Å². The molecule has 1 aliphatic rings. The van der Waals surface area contributed by atoms with E-state index in [1.807, 2.05) is 43.3 Å². The summed E-state index contributed by atoms with van der Waals surface area (Å²) in [5.41, 5.74) is 2.39. The summed E-state index contributed by atoms with van der Waals surface area (Å²) < 4.78 is 33.0. The van der Waals surface area contributed by atoms with E-state index < -0.39 is 16.1 Å². The molecule has 0 saturated heterocycles. The molecular formula is C26H28N4O4S. The highest BCUT2D eigenvalue weighted by atomic mass is 32.2. The lowest BCUT2D eigenvalue weighted by Gasteiger charge is -2.14. The summed E-state index contributed by atoms with van der Waals surface area (Å²) in [5, 5.41) is 2.93. The van der Waals surface area contributed by atoms with Gasteiger partial charge in [-0.15, -0.1) is 0 Å². The second-order valence-electron chi connectivity index (χ2n) is 8.25. The van der Waals surface area contributed by atoms with E-state index in [0.29, 0.717) is 25.1 Å². The highest BCUT2D eigenvalue weighted by Crippen LogP contribution is 2.23. The van der Waals surface area contributed by atoms with Crippen molar-refractivity contribution in [2.24, 2.45) is 4.99 Å². The molecule has 2 aromatic carbocycles. The number of nitrogens with zero attached hydrogens (tertiary/aromatic N) is 2. The number of hydrogen-bond acceptors (Lipinski definition) is 6. The second-order valence-corrected chi connectivity index (χ2v) is 9.90. The highest BCUT2D eigenvalue weighted by molar-refractivity contribution is 7.90. The number of amides is 1. The lowest BCUT2D eigenvalue weighted by molar-refractivity contribution is -0.122. The number of hydrogen-bond donors (Lipinski definition) is 2. The van der Waals surface area contributed by atoms with Crippen molar-refractivity contribution in [1.82, 2.24) is 15.0 Å². The molecule has 2 heterocycles. The zero-order chi connectivity index (χ0) is 24.7. The van der Waals surface area contributed by atoms with Crippen LogP contribution in [-0.2, 0) is 28.0 Å². The number of nitrogens with one attached hydrogen (secondary N) is 2. The van der Waals surface area contributed by atoms with Crippen LogP contribution < -0.4 is 14.8 Å². The molecule has 9 heteroatoms. The van der Waals surface area contributed by atoms with Crippen LogP contribution in [0.4, 0.5) is 0 Å². The summed E-state index contributed by atoms with van der Waals surface area (Å²) in [7, 11) is -3.66. The number of fused-ring (bicyclic) bond motifs is 1. The Morgan fingerprint density at radius 3 is 2.63 bits per heavy atom. The average molecular weight is 493 g/mol. The van der Waals surface area contributed by atoms with Crippen molar-refractivity contribution >= 4 is 21.8 Å². The van der Waals surface area contributed by atoms with Crippen LogP contribution in [-0.4, -0.2) is 31.2 Å². The zero-order valence-electron chi connectivity index (χ0n) is 19.5. The van der Waals surface area contributed by atoms with Crippen molar-refractivity contribution in [3.05, 3.63) is 89.7 Å². The van der Waals surface area contributed by atoms with Gasteiger partial charge in [-0.25, -0.2) is 8.42 Å². The minimum absolute atomic E-state index is 0.180. The maximum Gasteiger partial charge on any atom is 0.263 e. The molecule has 1 aromatic heterocycles. The molecule has 1 amide bonds. The number of sulfonamides is 1. The van der Waals surface area contributed by atoms with E-state index in [0.717, 1.165) is 29.7 Å². The molecule has 4 rings (SSSR count). The maximum atomic E-state index is 13.0. The standard InChI is InChI=1S/C26H28N4O4S/c1-2-3-9-23(29-25-22-8-4-5-10-24(22)35(32,33)30-25)26(31)28-17-19-11-13-21(14-12-19)34-18-20-7-6-15-27-16-20/h4-8,10-16,23H,2-3,9,17-18H2,1H3,(H,28,31)(H,29,30). The number of aromatic nitrogens is 1. The summed E-state index contributed by atoms with van der Waals surface area (Å²) in [4.78, 5) is 21.8. The van der Waals surface area contributed by atoms with Crippen LogP contribution in [0.1, 0.15) is 42.9 Å². The van der Waals surface area contributed by atoms with E-state index >= 15 is 0 Å². The van der Waals surface area contributed by atoms with E-state index in [-0.39, 0.29) is 16.6 Å². The smallest absolute Gasteiger partial charge is 0.263 e. The number of rotatable bonds is 10. The molecule has 0 spiro atoms. The van der Waals surface area contributed by atoms with E-state index in [4.69, 9.17) is 4.74 Å². The monoisotopic (exact) mass is 492 g/mol. The molecule has 3 aromatic rings. The number of carbonyl (C=O) groups is 1. The van der Waals surface area contributed by atoms with E-state index in [2.05, 4.69) is 20.0 Å². The summed E-state index contributed by atoms with van der Waals surface area (Å²) in [5.74, 6) is 0.696. The van der Waals surface area contributed by atoms with Gasteiger partial charge in [0.2, 0.25) is 5.91 Å². The van der Waals surface area contributed by atoms with Gasteiger partial charge in [0, 0.05) is 30.1 Å². The molecule has 8 nitrogen and oxygen atoms in total. The number of benzene rings is 2. The van der Waals surface area contributed by atoms with Crippen LogP contribution in [0.2, 0.25) is 0 Å². The summed E-state index contributed by atoms with van der Waals surface area (Å²) in [6, 6.07) is 17.3. The normalized spacial score (nSPS) is 15.7. The van der Waals surface area contributed by atoms with Gasteiger partial charge in [-0.2, -0.15) is 0 Å². The Hall–Kier alpha value is -3.72. The SMILES string of the molecule is CCCCC(N=C1NS(=O)(=O)c2ccccc21)C(=O)NCc1ccc(OCc2cccnc2)cc1. The fourth-order valence-corrected chi connectivity index (χ4v) is 4.94. The van der Waals surface area contributed by atoms with Crippen molar-refractivity contribution < 1.29 is 17.9 Å². The Balaban J connectivity index is 1.39. The van der Waals surface area contributed by atoms with E-state index in [9.17, 15) is 13.2 Å². The fourth-order valence-electron chi connectivity index (χ4n) is 3.70. The summed E-state index contributed by atoms with van der Waals surface area (Å²) >= 11 is 0. The third-order valence-electron chi connectivity index (χ3n) is 5.60. The molecule has 182 valence electrons. The Kier molecular flexibility index (Phi) is 7.77. The Morgan fingerprint density at radius 1 is 1.09 bits per heavy atom. The Morgan fingerprint density at radius 2 is 1.89 bits per heavy atom. The maximum absolute atomic E-state index is 13.0. The number of amidine groups is 1. The van der Waals surface area contributed by atoms with Crippen molar-refractivity contribution in [2.45, 2.75) is 50.3 Å². The van der Waals surface area contributed by atoms with Crippen LogP contribution in [0.25, 0.3) is 0 Å². The lowest BCUT2D eigenvalue weighted by Crippen LogP contribution is -2.35. The molecule has 1 aliphatic heterocycles. The highest BCUT2D eigenvalue weighted by Gasteiger charge is 2.31. The first-order chi connectivity index (χ1) is 17.0. The van der Waals surface area contributed by atoms with Gasteiger partial charge >= 0.3 is 0 Å². The second kappa shape index (κ2) is 11.1. The van der Waals surface area contributed by atoms with E-state index in [1.165, 1.54) is 6.07 Å². The predicted octanol–water partition coefficient (Wildman–Crippen LogP) is 3.57. The largest absolute Gasteiger partial charge is 0.489 e. The first kappa shape index (κ1) is 24.4. The Labute approximate surface area is 205 Å². The molecule has 1 unspecified atom stereocenters. The number of carbonyl (C=O) groups excluding carboxylic acids is 1. The molecule has 2 N–H and O–H groups in total. The summed E-state index contributed by atoms with van der Waals surface area (Å²) in [6.45, 7) is 2.79. The molecule has 0 bridgehead atoms. The Bertz CT molecular complexity index is 1290. The quantitative estimate of drug-likeness (QED) is 0.450. The fraction of sp³-hybridized carbons (Fsp3) is 0.269. The van der Waals surface area contributed by atoms with Gasteiger partial charge in [0.15, 0.2) is 0 Å². The van der Waals surface area contributed by atoms with Gasteiger partial charge in [-0.3, -0.25) is 19.5 Å².